The van der Waals surface area contributed by atoms with E-state index in [1.54, 1.807) is 6.92 Å². The van der Waals surface area contributed by atoms with Crippen LogP contribution in [0.25, 0.3) is 11.1 Å². The summed E-state index contributed by atoms with van der Waals surface area (Å²) in [5, 5.41) is 0. The smallest absolute Gasteiger partial charge is 0.176 e. The number of Topliss-reactive ketones (excluding diaryl/α,β-unsaturated/α-hetero) is 1. The summed E-state index contributed by atoms with van der Waals surface area (Å²) in [5.41, 5.74) is 6.34. The lowest BCUT2D eigenvalue weighted by Gasteiger charge is -2.08. The molecule has 0 aliphatic heterocycles. The number of unbranched alkanes of at least 4 members (excludes halogenated alkanes) is 2. The van der Waals surface area contributed by atoms with Crippen LogP contribution in [0.5, 0.6) is 0 Å². The Balaban J connectivity index is 1.54. The predicted molar refractivity (Wildman–Crippen MR) is 126 cm³/mol. The Labute approximate surface area is 179 Å². The molecule has 1 heterocycles. The lowest BCUT2D eigenvalue weighted by molar-refractivity contribution is -0.113. The summed E-state index contributed by atoms with van der Waals surface area (Å²) in [7, 11) is 0. The number of aromatic nitrogens is 1. The molecule has 0 radical (unpaired) electrons. The Hall–Kier alpha value is -3.07. The third-order valence-electron chi connectivity index (χ3n) is 5.40. The van der Waals surface area contributed by atoms with Gasteiger partial charge in [-0.3, -0.25) is 4.79 Å². The van der Waals surface area contributed by atoms with Crippen molar-refractivity contribution in [3.05, 3.63) is 83.6 Å². The van der Waals surface area contributed by atoms with Crippen molar-refractivity contribution in [2.24, 2.45) is 4.99 Å². The molecule has 3 aromatic rings. The Bertz CT molecular complexity index is 1020. The zero-order chi connectivity index (χ0) is 21.3. The van der Waals surface area contributed by atoms with Crippen LogP contribution in [0.3, 0.4) is 0 Å². The third-order valence-corrected chi connectivity index (χ3v) is 5.40. The van der Waals surface area contributed by atoms with Gasteiger partial charge < -0.3 is 0 Å². The van der Waals surface area contributed by atoms with Crippen molar-refractivity contribution in [3.63, 3.8) is 0 Å². The van der Waals surface area contributed by atoms with Crippen LogP contribution in [0, 0.1) is 13.8 Å². The van der Waals surface area contributed by atoms with E-state index in [1.807, 2.05) is 31.3 Å². The largest absolute Gasteiger partial charge is 0.293 e. The molecule has 0 spiro atoms. The summed E-state index contributed by atoms with van der Waals surface area (Å²) in [4.78, 5) is 21.5. The highest BCUT2D eigenvalue weighted by Gasteiger charge is 2.09. The molecule has 3 rings (SSSR count). The number of hydrogen-bond acceptors (Lipinski definition) is 3. The number of benzene rings is 2. The van der Waals surface area contributed by atoms with Gasteiger partial charge in [-0.25, -0.2) is 9.98 Å². The Morgan fingerprint density at radius 3 is 2.37 bits per heavy atom. The van der Waals surface area contributed by atoms with Gasteiger partial charge in [0.05, 0.1) is 5.71 Å². The topological polar surface area (TPSA) is 42.3 Å². The molecule has 0 bridgehead atoms. The monoisotopic (exact) mass is 398 g/mol. The first kappa shape index (κ1) is 21.6. The molecule has 0 aliphatic rings. The van der Waals surface area contributed by atoms with Crippen molar-refractivity contribution in [3.8, 4) is 11.1 Å². The summed E-state index contributed by atoms with van der Waals surface area (Å²) in [6.07, 6.45) is 6.51. The van der Waals surface area contributed by atoms with Crippen LogP contribution in [0.1, 0.15) is 49.3 Å². The van der Waals surface area contributed by atoms with Crippen molar-refractivity contribution in [1.29, 1.82) is 0 Å². The van der Waals surface area contributed by atoms with Gasteiger partial charge in [-0.05, 0) is 68.4 Å². The molecule has 0 amide bonds. The van der Waals surface area contributed by atoms with Crippen LogP contribution in [-0.4, -0.2) is 16.5 Å². The quantitative estimate of drug-likeness (QED) is 0.293. The molecule has 0 atom stereocenters. The van der Waals surface area contributed by atoms with Crippen molar-refractivity contribution in [1.82, 2.24) is 4.98 Å². The maximum absolute atomic E-state index is 12.5. The van der Waals surface area contributed by atoms with E-state index >= 15 is 0 Å². The molecule has 2 aromatic carbocycles. The van der Waals surface area contributed by atoms with Crippen LogP contribution >= 0.6 is 0 Å². The molecule has 3 nitrogen and oxygen atoms in total. The van der Waals surface area contributed by atoms with Crippen LogP contribution < -0.4 is 0 Å². The first-order chi connectivity index (χ1) is 14.5. The predicted octanol–water partition coefficient (Wildman–Crippen LogP) is 6.83. The maximum atomic E-state index is 12.5. The van der Waals surface area contributed by atoms with Crippen LogP contribution in [0.4, 0.5) is 5.82 Å². The lowest BCUT2D eigenvalue weighted by atomic mass is 10.0. The third kappa shape index (κ3) is 5.96. The van der Waals surface area contributed by atoms with Gasteiger partial charge >= 0.3 is 0 Å². The zero-order valence-electron chi connectivity index (χ0n) is 18.2. The SMILES string of the molecule is C/C(=N\c1ncc(-c2ccccc2C)cc1C)C(=O)CCCCCc1ccccc1. The number of carbonyl (C=O) groups excluding carboxylic acids is 1. The second-order valence-corrected chi connectivity index (χ2v) is 7.85. The number of carbonyl (C=O) groups is 1. The van der Waals surface area contributed by atoms with Crippen molar-refractivity contribution >= 4 is 17.3 Å². The van der Waals surface area contributed by atoms with Crippen LogP contribution in [0.2, 0.25) is 0 Å². The van der Waals surface area contributed by atoms with Gasteiger partial charge in [-0.2, -0.15) is 0 Å². The van der Waals surface area contributed by atoms with E-state index in [2.05, 4.69) is 59.4 Å². The van der Waals surface area contributed by atoms with Crippen molar-refractivity contribution < 1.29 is 4.79 Å². The van der Waals surface area contributed by atoms with E-state index in [0.717, 1.165) is 36.8 Å². The highest BCUT2D eigenvalue weighted by atomic mass is 16.1. The van der Waals surface area contributed by atoms with Gasteiger partial charge in [0.1, 0.15) is 0 Å². The Morgan fingerprint density at radius 1 is 0.900 bits per heavy atom. The number of ketones is 1. The fraction of sp³-hybridized carbons (Fsp3) is 0.296. The number of nitrogens with zero attached hydrogens (tertiary/aromatic N) is 2. The van der Waals surface area contributed by atoms with Crippen molar-refractivity contribution in [2.75, 3.05) is 0 Å². The van der Waals surface area contributed by atoms with Gasteiger partial charge in [0.25, 0.3) is 0 Å². The maximum Gasteiger partial charge on any atom is 0.176 e. The first-order valence-corrected chi connectivity index (χ1v) is 10.7. The average Bonchev–Trinajstić information content (AvgIpc) is 2.76. The molecule has 0 saturated heterocycles. The highest BCUT2D eigenvalue weighted by Crippen LogP contribution is 2.26. The van der Waals surface area contributed by atoms with Crippen LogP contribution in [-0.2, 0) is 11.2 Å². The van der Waals surface area contributed by atoms with E-state index in [-0.39, 0.29) is 5.78 Å². The van der Waals surface area contributed by atoms with Gasteiger partial charge in [0.15, 0.2) is 11.6 Å². The minimum Gasteiger partial charge on any atom is -0.293 e. The molecule has 30 heavy (non-hydrogen) atoms. The van der Waals surface area contributed by atoms with E-state index in [4.69, 9.17) is 0 Å². The van der Waals surface area contributed by atoms with Crippen LogP contribution in [0.15, 0.2) is 71.9 Å². The molecule has 0 fully saturated rings. The number of pyridine rings is 1. The van der Waals surface area contributed by atoms with E-state index < -0.39 is 0 Å². The summed E-state index contributed by atoms with van der Waals surface area (Å²) >= 11 is 0. The molecular formula is C27H30N2O. The molecule has 154 valence electrons. The molecule has 0 N–H and O–H groups in total. The van der Waals surface area contributed by atoms with E-state index in [0.29, 0.717) is 18.0 Å². The Morgan fingerprint density at radius 2 is 1.63 bits per heavy atom. The minimum absolute atomic E-state index is 0.110. The standard InChI is InChI=1S/C27H30N2O/c1-20-12-10-11-16-25(20)24-18-21(2)27(28-19-24)29-22(3)26(30)17-9-5-8-15-23-13-6-4-7-14-23/h4,6-7,10-14,16,18-19H,5,8-9,15,17H2,1-3H3/b29-22+. The first-order valence-electron chi connectivity index (χ1n) is 10.7. The molecule has 0 saturated carbocycles. The van der Waals surface area contributed by atoms with Gasteiger partial charge in [0, 0.05) is 18.2 Å². The van der Waals surface area contributed by atoms with Gasteiger partial charge in [-0.1, -0.05) is 61.0 Å². The normalized spacial score (nSPS) is 11.5. The lowest BCUT2D eigenvalue weighted by Crippen LogP contribution is -2.09. The fourth-order valence-electron chi connectivity index (χ4n) is 3.57. The molecule has 0 unspecified atom stereocenters. The minimum atomic E-state index is 0.110. The highest BCUT2D eigenvalue weighted by molar-refractivity contribution is 6.39. The van der Waals surface area contributed by atoms with E-state index in [9.17, 15) is 4.79 Å². The number of rotatable bonds is 9. The fourth-order valence-corrected chi connectivity index (χ4v) is 3.57. The second-order valence-electron chi connectivity index (χ2n) is 7.85. The summed E-state index contributed by atoms with van der Waals surface area (Å²) in [5.74, 6) is 0.737. The molecule has 3 heteroatoms. The van der Waals surface area contributed by atoms with Crippen molar-refractivity contribution in [2.45, 2.75) is 52.9 Å². The summed E-state index contributed by atoms with van der Waals surface area (Å²) in [6.45, 7) is 5.89. The van der Waals surface area contributed by atoms with Gasteiger partial charge in [-0.15, -0.1) is 0 Å². The second kappa shape index (κ2) is 10.6. The zero-order valence-corrected chi connectivity index (χ0v) is 18.2. The number of hydrogen-bond donors (Lipinski definition) is 0. The summed E-state index contributed by atoms with van der Waals surface area (Å²) < 4.78 is 0. The average molecular weight is 399 g/mol. The molecule has 0 aliphatic carbocycles. The Kier molecular flexibility index (Phi) is 7.67. The number of aryl methyl sites for hydroxylation is 3. The number of aliphatic imine (C=N–C) groups is 1. The van der Waals surface area contributed by atoms with E-state index in [1.165, 1.54) is 16.7 Å². The summed E-state index contributed by atoms with van der Waals surface area (Å²) in [6, 6.07) is 20.8. The molecular weight excluding hydrogens is 368 g/mol. The van der Waals surface area contributed by atoms with Gasteiger partial charge in [0.2, 0.25) is 0 Å². The molecule has 1 aromatic heterocycles.